The molecule has 0 fully saturated rings. The molecular formula is C17H22N2OS. The van der Waals surface area contributed by atoms with E-state index in [0.717, 1.165) is 23.5 Å². The Morgan fingerprint density at radius 3 is 2.90 bits per heavy atom. The largest absolute Gasteiger partial charge is 0.355 e. The van der Waals surface area contributed by atoms with Crippen LogP contribution in [0.1, 0.15) is 31.7 Å². The number of nitrogens with one attached hydrogen (secondary N) is 1. The highest BCUT2D eigenvalue weighted by Crippen LogP contribution is 2.23. The van der Waals surface area contributed by atoms with Crippen LogP contribution in [0.5, 0.6) is 0 Å². The van der Waals surface area contributed by atoms with Crippen LogP contribution < -0.4 is 5.32 Å². The minimum atomic E-state index is 0.0868. The zero-order chi connectivity index (χ0) is 15.1. The second-order valence-electron chi connectivity index (χ2n) is 5.14. The van der Waals surface area contributed by atoms with Gasteiger partial charge in [0.2, 0.25) is 5.91 Å². The number of hydrogen-bond donors (Lipinski definition) is 1. The normalized spacial score (nSPS) is 10.8. The topological polar surface area (TPSA) is 42.0 Å². The molecular weight excluding hydrogens is 280 g/mol. The van der Waals surface area contributed by atoms with Gasteiger partial charge in [0, 0.05) is 11.9 Å². The van der Waals surface area contributed by atoms with E-state index in [1.807, 2.05) is 18.2 Å². The number of nitrogens with zero attached hydrogens (tertiary/aromatic N) is 1. The number of carbonyl (C=O) groups excluding carboxylic acids is 1. The molecule has 2 aromatic rings. The van der Waals surface area contributed by atoms with Crippen LogP contribution in [0, 0.1) is 6.92 Å². The quantitative estimate of drug-likeness (QED) is 0.622. The van der Waals surface area contributed by atoms with Crippen molar-refractivity contribution in [3.05, 3.63) is 35.9 Å². The summed E-state index contributed by atoms with van der Waals surface area (Å²) in [6, 6.07) is 10.2. The number of unbranched alkanes of at least 4 members (excludes halogenated alkanes) is 2. The van der Waals surface area contributed by atoms with Crippen molar-refractivity contribution in [3.63, 3.8) is 0 Å². The van der Waals surface area contributed by atoms with E-state index in [2.05, 4.69) is 36.3 Å². The molecule has 0 aliphatic heterocycles. The summed E-state index contributed by atoms with van der Waals surface area (Å²) in [7, 11) is 0. The fraction of sp³-hybridized carbons (Fsp3) is 0.412. The van der Waals surface area contributed by atoms with Crippen molar-refractivity contribution in [1.82, 2.24) is 10.3 Å². The smallest absolute Gasteiger partial charge is 0.230 e. The Hall–Kier alpha value is -1.55. The maximum Gasteiger partial charge on any atom is 0.230 e. The number of amides is 1. The lowest BCUT2D eigenvalue weighted by Crippen LogP contribution is -2.26. The maximum atomic E-state index is 11.8. The van der Waals surface area contributed by atoms with Crippen LogP contribution in [0.15, 0.2) is 35.4 Å². The predicted molar refractivity (Wildman–Crippen MR) is 89.7 cm³/mol. The van der Waals surface area contributed by atoms with Crippen LogP contribution >= 0.6 is 11.8 Å². The van der Waals surface area contributed by atoms with Gasteiger partial charge in [-0.05, 0) is 31.0 Å². The molecule has 0 unspecified atom stereocenters. The first-order valence-corrected chi connectivity index (χ1v) is 8.45. The second-order valence-corrected chi connectivity index (χ2v) is 6.14. The van der Waals surface area contributed by atoms with Gasteiger partial charge in [0.05, 0.1) is 16.3 Å². The van der Waals surface area contributed by atoms with Crippen LogP contribution in [0.4, 0.5) is 0 Å². The summed E-state index contributed by atoms with van der Waals surface area (Å²) in [5.41, 5.74) is 2.19. The van der Waals surface area contributed by atoms with E-state index < -0.39 is 0 Å². The average molecular weight is 302 g/mol. The van der Waals surface area contributed by atoms with Crippen molar-refractivity contribution in [2.45, 2.75) is 38.1 Å². The third-order valence-electron chi connectivity index (χ3n) is 3.35. The average Bonchev–Trinajstić information content (AvgIpc) is 2.50. The highest BCUT2D eigenvalue weighted by molar-refractivity contribution is 7.99. The molecule has 0 aliphatic carbocycles. The Morgan fingerprint density at radius 1 is 1.29 bits per heavy atom. The molecule has 1 aromatic heterocycles. The SMILES string of the molecule is CCCCCNC(=O)CSc1cc(C)c2ccccc2n1. The maximum absolute atomic E-state index is 11.8. The molecule has 1 amide bonds. The number of fused-ring (bicyclic) bond motifs is 1. The van der Waals surface area contributed by atoms with Gasteiger partial charge in [-0.2, -0.15) is 0 Å². The molecule has 112 valence electrons. The minimum absolute atomic E-state index is 0.0868. The van der Waals surface area contributed by atoms with E-state index in [-0.39, 0.29) is 5.91 Å². The van der Waals surface area contributed by atoms with Gasteiger partial charge in [0.1, 0.15) is 0 Å². The number of thioether (sulfide) groups is 1. The highest BCUT2D eigenvalue weighted by atomic mass is 32.2. The van der Waals surface area contributed by atoms with E-state index in [9.17, 15) is 4.79 Å². The summed E-state index contributed by atoms with van der Waals surface area (Å²) in [4.78, 5) is 16.4. The third-order valence-corrected chi connectivity index (χ3v) is 4.26. The van der Waals surface area contributed by atoms with Gasteiger partial charge < -0.3 is 5.32 Å². The van der Waals surface area contributed by atoms with Gasteiger partial charge in [-0.25, -0.2) is 4.98 Å². The Balaban J connectivity index is 1.90. The fourth-order valence-electron chi connectivity index (χ4n) is 2.19. The van der Waals surface area contributed by atoms with Gasteiger partial charge >= 0.3 is 0 Å². The lowest BCUT2D eigenvalue weighted by Gasteiger charge is -2.07. The van der Waals surface area contributed by atoms with Crippen molar-refractivity contribution in [3.8, 4) is 0 Å². The van der Waals surface area contributed by atoms with E-state index in [1.165, 1.54) is 35.6 Å². The molecule has 2 rings (SSSR count). The summed E-state index contributed by atoms with van der Waals surface area (Å²) < 4.78 is 0. The third kappa shape index (κ3) is 4.74. The molecule has 0 bridgehead atoms. The monoisotopic (exact) mass is 302 g/mol. The van der Waals surface area contributed by atoms with Gasteiger partial charge in [-0.15, -0.1) is 0 Å². The van der Waals surface area contributed by atoms with E-state index in [1.54, 1.807) is 0 Å². The van der Waals surface area contributed by atoms with Crippen LogP contribution in [0.25, 0.3) is 10.9 Å². The number of aromatic nitrogens is 1. The first-order valence-electron chi connectivity index (χ1n) is 7.46. The number of hydrogen-bond acceptors (Lipinski definition) is 3. The molecule has 1 heterocycles. The summed E-state index contributed by atoms with van der Waals surface area (Å²) in [5, 5.41) is 5.04. The second kappa shape index (κ2) is 8.03. The van der Waals surface area contributed by atoms with Crippen molar-refractivity contribution in [1.29, 1.82) is 0 Å². The van der Waals surface area contributed by atoms with Crippen LogP contribution in [0.3, 0.4) is 0 Å². The van der Waals surface area contributed by atoms with Crippen molar-refractivity contribution in [2.24, 2.45) is 0 Å². The number of benzene rings is 1. The van der Waals surface area contributed by atoms with E-state index in [4.69, 9.17) is 0 Å². The molecule has 21 heavy (non-hydrogen) atoms. The van der Waals surface area contributed by atoms with Crippen LogP contribution in [0.2, 0.25) is 0 Å². The lowest BCUT2D eigenvalue weighted by atomic mass is 10.1. The Labute approximate surface area is 130 Å². The lowest BCUT2D eigenvalue weighted by molar-refractivity contribution is -0.118. The summed E-state index contributed by atoms with van der Waals surface area (Å²) in [5.74, 6) is 0.514. The number of pyridine rings is 1. The molecule has 1 N–H and O–H groups in total. The van der Waals surface area contributed by atoms with Crippen molar-refractivity contribution in [2.75, 3.05) is 12.3 Å². The molecule has 3 nitrogen and oxygen atoms in total. The molecule has 0 saturated carbocycles. The molecule has 4 heteroatoms. The first-order chi connectivity index (χ1) is 10.2. The van der Waals surface area contributed by atoms with E-state index in [0.29, 0.717) is 5.75 Å². The fourth-order valence-corrected chi connectivity index (χ4v) is 2.99. The predicted octanol–water partition coefficient (Wildman–Crippen LogP) is 3.94. The number of para-hydroxylation sites is 1. The molecule has 0 spiro atoms. The number of carbonyl (C=O) groups is 1. The Morgan fingerprint density at radius 2 is 2.10 bits per heavy atom. The molecule has 0 radical (unpaired) electrons. The van der Waals surface area contributed by atoms with Crippen LogP contribution in [-0.4, -0.2) is 23.2 Å². The Bertz CT molecular complexity index is 613. The highest BCUT2D eigenvalue weighted by Gasteiger charge is 2.06. The van der Waals surface area contributed by atoms with Gasteiger partial charge in [-0.1, -0.05) is 49.7 Å². The standard InChI is InChI=1S/C17H22N2OS/c1-3-4-7-10-18-16(20)12-21-17-11-13(2)14-8-5-6-9-15(14)19-17/h5-6,8-9,11H,3-4,7,10,12H2,1-2H3,(H,18,20). The molecule has 0 saturated heterocycles. The van der Waals surface area contributed by atoms with E-state index >= 15 is 0 Å². The number of rotatable bonds is 7. The summed E-state index contributed by atoms with van der Waals surface area (Å²) in [6.07, 6.45) is 3.39. The number of aryl methyl sites for hydroxylation is 1. The summed E-state index contributed by atoms with van der Waals surface area (Å²) >= 11 is 1.50. The van der Waals surface area contributed by atoms with Gasteiger partial charge in [0.25, 0.3) is 0 Å². The molecule has 0 atom stereocenters. The van der Waals surface area contributed by atoms with Crippen molar-refractivity contribution >= 4 is 28.6 Å². The van der Waals surface area contributed by atoms with Crippen molar-refractivity contribution < 1.29 is 4.79 Å². The Kier molecular flexibility index (Phi) is 6.05. The molecule has 1 aromatic carbocycles. The van der Waals surface area contributed by atoms with Gasteiger partial charge in [0.15, 0.2) is 0 Å². The molecule has 0 aliphatic rings. The minimum Gasteiger partial charge on any atom is -0.355 e. The van der Waals surface area contributed by atoms with Gasteiger partial charge in [-0.3, -0.25) is 4.79 Å². The first kappa shape index (κ1) is 15.8. The summed E-state index contributed by atoms with van der Waals surface area (Å²) in [6.45, 7) is 5.02. The van der Waals surface area contributed by atoms with Crippen LogP contribution in [-0.2, 0) is 4.79 Å². The zero-order valence-corrected chi connectivity index (χ0v) is 13.5. The zero-order valence-electron chi connectivity index (χ0n) is 12.7.